The summed E-state index contributed by atoms with van der Waals surface area (Å²) < 4.78 is 0. The van der Waals surface area contributed by atoms with Crippen LogP contribution in [0.5, 0.6) is 0 Å². The maximum Gasteiger partial charge on any atom is 0.226 e. The molecular formula is C17H24N2O. The van der Waals surface area contributed by atoms with Crippen LogP contribution in [0, 0.1) is 17.8 Å². The summed E-state index contributed by atoms with van der Waals surface area (Å²) in [6.07, 6.45) is 5.52. The molecule has 0 aromatic heterocycles. The zero-order valence-corrected chi connectivity index (χ0v) is 12.4. The van der Waals surface area contributed by atoms with Crippen LogP contribution in [-0.4, -0.2) is 11.9 Å². The molecule has 0 radical (unpaired) electrons. The number of anilines is 2. The number of benzene rings is 1. The molecule has 2 fully saturated rings. The molecular weight excluding hydrogens is 248 g/mol. The van der Waals surface area contributed by atoms with Crippen LogP contribution in [0.2, 0.25) is 0 Å². The molecule has 3 atom stereocenters. The Morgan fingerprint density at radius 2 is 2.00 bits per heavy atom. The molecule has 2 N–H and O–H groups in total. The molecule has 1 aromatic carbocycles. The highest BCUT2D eigenvalue weighted by Crippen LogP contribution is 2.45. The molecule has 3 nitrogen and oxygen atoms in total. The van der Waals surface area contributed by atoms with Crippen molar-refractivity contribution in [1.82, 2.24) is 0 Å². The van der Waals surface area contributed by atoms with Crippen molar-refractivity contribution in [1.29, 1.82) is 0 Å². The number of hydrogen-bond acceptors (Lipinski definition) is 2. The molecule has 0 saturated heterocycles. The molecule has 1 aromatic rings. The fourth-order valence-corrected chi connectivity index (χ4v) is 3.61. The first-order valence-corrected chi connectivity index (χ1v) is 7.79. The summed E-state index contributed by atoms with van der Waals surface area (Å²) in [6, 6.07) is 8.73. The van der Waals surface area contributed by atoms with Crippen LogP contribution in [0.15, 0.2) is 24.3 Å². The summed E-state index contributed by atoms with van der Waals surface area (Å²) in [5, 5.41) is 6.63. The van der Waals surface area contributed by atoms with Gasteiger partial charge in [0.25, 0.3) is 0 Å². The monoisotopic (exact) mass is 272 g/mol. The molecule has 2 aliphatic carbocycles. The van der Waals surface area contributed by atoms with Gasteiger partial charge in [-0.1, -0.05) is 26.3 Å². The lowest BCUT2D eigenvalue weighted by molar-refractivity contribution is -0.118. The maximum atomic E-state index is 11.7. The van der Waals surface area contributed by atoms with Gasteiger partial charge in [-0.05, 0) is 49.3 Å². The Morgan fingerprint density at radius 3 is 2.65 bits per heavy atom. The summed E-state index contributed by atoms with van der Waals surface area (Å²) in [4.78, 5) is 11.7. The fraction of sp³-hybridized carbons (Fsp3) is 0.588. The molecule has 0 aliphatic heterocycles. The lowest BCUT2D eigenvalue weighted by atomic mass is 9.95. The van der Waals surface area contributed by atoms with Crippen molar-refractivity contribution < 1.29 is 4.79 Å². The van der Waals surface area contributed by atoms with E-state index in [2.05, 4.69) is 16.7 Å². The van der Waals surface area contributed by atoms with Crippen molar-refractivity contribution in [3.63, 3.8) is 0 Å². The van der Waals surface area contributed by atoms with Crippen molar-refractivity contribution in [2.75, 3.05) is 10.6 Å². The topological polar surface area (TPSA) is 41.1 Å². The van der Waals surface area contributed by atoms with Gasteiger partial charge in [-0.3, -0.25) is 4.79 Å². The van der Waals surface area contributed by atoms with E-state index in [0.29, 0.717) is 6.04 Å². The molecule has 3 heteroatoms. The second kappa shape index (κ2) is 5.47. The van der Waals surface area contributed by atoms with Gasteiger partial charge in [0.2, 0.25) is 5.91 Å². The number of carbonyl (C=O) groups excluding carboxylic acids is 1. The Bertz CT molecular complexity index is 498. The predicted molar refractivity (Wildman–Crippen MR) is 82.8 cm³/mol. The van der Waals surface area contributed by atoms with E-state index in [9.17, 15) is 4.79 Å². The van der Waals surface area contributed by atoms with Crippen LogP contribution in [0.3, 0.4) is 0 Å². The third kappa shape index (κ3) is 2.82. The molecule has 3 rings (SSSR count). The number of hydrogen-bond donors (Lipinski definition) is 2. The molecule has 0 spiro atoms. The van der Waals surface area contributed by atoms with Crippen LogP contribution < -0.4 is 10.6 Å². The van der Waals surface area contributed by atoms with Gasteiger partial charge in [-0.25, -0.2) is 0 Å². The largest absolute Gasteiger partial charge is 0.382 e. The maximum absolute atomic E-state index is 11.7. The van der Waals surface area contributed by atoms with Gasteiger partial charge in [-0.2, -0.15) is 0 Å². The second-order valence-corrected chi connectivity index (χ2v) is 6.65. The minimum absolute atomic E-state index is 0.0113. The van der Waals surface area contributed by atoms with E-state index in [-0.39, 0.29) is 11.8 Å². The van der Waals surface area contributed by atoms with Gasteiger partial charge in [0.05, 0.1) is 0 Å². The smallest absolute Gasteiger partial charge is 0.226 e. The van der Waals surface area contributed by atoms with E-state index in [1.165, 1.54) is 25.7 Å². The number of rotatable bonds is 4. The van der Waals surface area contributed by atoms with Crippen molar-refractivity contribution in [3.05, 3.63) is 24.3 Å². The van der Waals surface area contributed by atoms with Gasteiger partial charge in [0.15, 0.2) is 0 Å². The number of amides is 1. The standard InChI is InChI=1S/C17H24N2O/c1-11(2)17(20)19-15-5-3-4-14(10-15)18-16-9-12-6-7-13(16)8-12/h3-5,10-13,16,18H,6-9H2,1-2H3,(H,19,20). The SMILES string of the molecule is CC(C)C(=O)Nc1cccc(NC2CC3CCC2C3)c1. The van der Waals surface area contributed by atoms with Gasteiger partial charge in [-0.15, -0.1) is 0 Å². The van der Waals surface area contributed by atoms with Crippen molar-refractivity contribution in [2.45, 2.75) is 45.6 Å². The first-order valence-electron chi connectivity index (χ1n) is 7.79. The number of fused-ring (bicyclic) bond motifs is 2. The highest BCUT2D eigenvalue weighted by atomic mass is 16.1. The predicted octanol–water partition coefficient (Wildman–Crippen LogP) is 3.88. The van der Waals surface area contributed by atoms with E-state index < -0.39 is 0 Å². The van der Waals surface area contributed by atoms with Gasteiger partial charge in [0.1, 0.15) is 0 Å². The second-order valence-electron chi connectivity index (χ2n) is 6.65. The molecule has 108 valence electrons. The quantitative estimate of drug-likeness (QED) is 0.873. The summed E-state index contributed by atoms with van der Waals surface area (Å²) >= 11 is 0. The molecule has 20 heavy (non-hydrogen) atoms. The zero-order chi connectivity index (χ0) is 14.1. The highest BCUT2D eigenvalue weighted by molar-refractivity contribution is 5.92. The summed E-state index contributed by atoms with van der Waals surface area (Å²) in [5.41, 5.74) is 2.01. The molecule has 2 saturated carbocycles. The Hall–Kier alpha value is -1.51. The molecule has 2 bridgehead atoms. The zero-order valence-electron chi connectivity index (χ0n) is 12.4. The van der Waals surface area contributed by atoms with Crippen LogP contribution >= 0.6 is 0 Å². The van der Waals surface area contributed by atoms with Crippen LogP contribution in [-0.2, 0) is 4.79 Å². The Balaban J connectivity index is 1.64. The van der Waals surface area contributed by atoms with E-state index in [1.54, 1.807) is 0 Å². The van der Waals surface area contributed by atoms with Crippen molar-refractivity contribution in [3.8, 4) is 0 Å². The number of carbonyl (C=O) groups is 1. The third-order valence-electron chi connectivity index (χ3n) is 4.74. The number of nitrogens with one attached hydrogen (secondary N) is 2. The van der Waals surface area contributed by atoms with Gasteiger partial charge < -0.3 is 10.6 Å². The first-order chi connectivity index (χ1) is 9.61. The lowest BCUT2D eigenvalue weighted by Gasteiger charge is -2.24. The Labute approximate surface area is 121 Å². The normalized spacial score (nSPS) is 27.9. The van der Waals surface area contributed by atoms with E-state index in [1.807, 2.05) is 32.0 Å². The average molecular weight is 272 g/mol. The minimum Gasteiger partial charge on any atom is -0.382 e. The Kier molecular flexibility index (Phi) is 3.68. The highest BCUT2D eigenvalue weighted by Gasteiger charge is 2.39. The van der Waals surface area contributed by atoms with Crippen LogP contribution in [0.25, 0.3) is 0 Å². The molecule has 0 heterocycles. The molecule has 1 amide bonds. The fourth-order valence-electron chi connectivity index (χ4n) is 3.61. The summed E-state index contributed by atoms with van der Waals surface area (Å²) in [6.45, 7) is 3.82. The van der Waals surface area contributed by atoms with E-state index in [4.69, 9.17) is 0 Å². The Morgan fingerprint density at radius 1 is 1.20 bits per heavy atom. The third-order valence-corrected chi connectivity index (χ3v) is 4.74. The van der Waals surface area contributed by atoms with Crippen molar-refractivity contribution in [2.24, 2.45) is 17.8 Å². The average Bonchev–Trinajstić information content (AvgIpc) is 3.01. The van der Waals surface area contributed by atoms with E-state index in [0.717, 1.165) is 23.2 Å². The lowest BCUT2D eigenvalue weighted by Crippen LogP contribution is -2.25. The summed E-state index contributed by atoms with van der Waals surface area (Å²) in [7, 11) is 0. The first kappa shape index (κ1) is 13.5. The van der Waals surface area contributed by atoms with Gasteiger partial charge in [0, 0.05) is 23.3 Å². The minimum atomic E-state index is 0.0113. The van der Waals surface area contributed by atoms with Crippen molar-refractivity contribution >= 4 is 17.3 Å². The molecule has 2 aliphatic rings. The van der Waals surface area contributed by atoms with Gasteiger partial charge >= 0.3 is 0 Å². The van der Waals surface area contributed by atoms with E-state index >= 15 is 0 Å². The van der Waals surface area contributed by atoms with Crippen LogP contribution in [0.4, 0.5) is 11.4 Å². The molecule has 3 unspecified atom stereocenters. The van der Waals surface area contributed by atoms with Crippen LogP contribution in [0.1, 0.15) is 39.5 Å². The summed E-state index contributed by atoms with van der Waals surface area (Å²) in [5.74, 6) is 1.88.